The molecule has 3 aromatic carbocycles. The van der Waals surface area contributed by atoms with Crippen LogP contribution >= 0.6 is 0 Å². The fourth-order valence-electron chi connectivity index (χ4n) is 3.11. The van der Waals surface area contributed by atoms with Gasteiger partial charge in [0.25, 0.3) is 0 Å². The van der Waals surface area contributed by atoms with Crippen LogP contribution in [0.25, 0.3) is 28.1 Å². The first-order valence-corrected chi connectivity index (χ1v) is 8.20. The van der Waals surface area contributed by atoms with Gasteiger partial charge in [0.2, 0.25) is 0 Å². The Balaban J connectivity index is 2.02. The fraction of sp³-hybridized carbons (Fsp3) is 0.0455. The molecule has 4 aromatic rings. The van der Waals surface area contributed by atoms with Crippen molar-refractivity contribution in [1.29, 1.82) is 0 Å². The summed E-state index contributed by atoms with van der Waals surface area (Å²) in [6, 6.07) is 26.8. The third-order valence-electron chi connectivity index (χ3n) is 4.24. The van der Waals surface area contributed by atoms with E-state index < -0.39 is 0 Å². The van der Waals surface area contributed by atoms with E-state index in [0.29, 0.717) is 0 Å². The third kappa shape index (κ3) is 2.85. The number of aromatic nitrogens is 2. The van der Waals surface area contributed by atoms with Crippen LogP contribution in [0.4, 0.5) is 4.39 Å². The zero-order chi connectivity index (χ0) is 17.2. The molecular weight excluding hydrogens is 311 g/mol. The van der Waals surface area contributed by atoms with Crippen LogP contribution in [0.3, 0.4) is 0 Å². The van der Waals surface area contributed by atoms with Crippen LogP contribution in [0, 0.1) is 12.7 Å². The third-order valence-corrected chi connectivity index (χ3v) is 4.24. The van der Waals surface area contributed by atoms with Crippen molar-refractivity contribution in [2.24, 2.45) is 0 Å². The van der Waals surface area contributed by atoms with Gasteiger partial charge >= 0.3 is 0 Å². The molecule has 0 aliphatic rings. The summed E-state index contributed by atoms with van der Waals surface area (Å²) in [6.45, 7) is 2.01. The van der Waals surface area contributed by atoms with Gasteiger partial charge in [0.1, 0.15) is 5.82 Å². The SMILES string of the molecule is Cc1nn(-c2ccccc2)c(-c2ccc(F)cc2)c1-c1ccccc1. The molecule has 0 spiro atoms. The first-order chi connectivity index (χ1) is 12.2. The van der Waals surface area contributed by atoms with Crippen LogP contribution in [-0.4, -0.2) is 9.78 Å². The predicted octanol–water partition coefficient (Wildman–Crippen LogP) is 5.65. The Hall–Kier alpha value is -3.20. The standard InChI is InChI=1S/C22H17FN2/c1-16-21(17-8-4-2-5-9-17)22(18-12-14-19(23)15-13-18)25(24-16)20-10-6-3-7-11-20/h2-15H,1H3. The zero-order valence-corrected chi connectivity index (χ0v) is 13.9. The monoisotopic (exact) mass is 328 g/mol. The molecule has 0 radical (unpaired) electrons. The van der Waals surface area contributed by atoms with Crippen LogP contribution in [0.15, 0.2) is 84.9 Å². The number of hydrogen-bond donors (Lipinski definition) is 0. The molecule has 0 atom stereocenters. The second-order valence-corrected chi connectivity index (χ2v) is 5.93. The lowest BCUT2D eigenvalue weighted by molar-refractivity contribution is 0.628. The van der Waals surface area contributed by atoms with Crippen molar-refractivity contribution in [3.05, 3.63) is 96.4 Å². The maximum Gasteiger partial charge on any atom is 0.123 e. The molecule has 4 rings (SSSR count). The van der Waals surface area contributed by atoms with Gasteiger partial charge in [-0.25, -0.2) is 9.07 Å². The summed E-state index contributed by atoms with van der Waals surface area (Å²) in [5, 5.41) is 4.78. The smallest absolute Gasteiger partial charge is 0.123 e. The Morgan fingerprint density at radius 2 is 1.32 bits per heavy atom. The molecule has 0 unspecified atom stereocenters. The Morgan fingerprint density at radius 3 is 1.96 bits per heavy atom. The summed E-state index contributed by atoms with van der Waals surface area (Å²) in [4.78, 5) is 0. The van der Waals surface area contributed by atoms with Gasteiger partial charge in [-0.3, -0.25) is 0 Å². The highest BCUT2D eigenvalue weighted by molar-refractivity contribution is 5.84. The van der Waals surface area contributed by atoms with Gasteiger partial charge < -0.3 is 0 Å². The highest BCUT2D eigenvalue weighted by atomic mass is 19.1. The van der Waals surface area contributed by atoms with Gasteiger partial charge in [0.15, 0.2) is 0 Å². The molecular formula is C22H17FN2. The molecule has 0 saturated carbocycles. The summed E-state index contributed by atoms with van der Waals surface area (Å²) in [5.74, 6) is -0.243. The molecule has 0 N–H and O–H groups in total. The molecule has 1 aromatic heterocycles. The summed E-state index contributed by atoms with van der Waals surface area (Å²) >= 11 is 0. The molecule has 0 saturated heterocycles. The topological polar surface area (TPSA) is 17.8 Å². The van der Waals surface area contributed by atoms with Crippen molar-refractivity contribution in [2.75, 3.05) is 0 Å². The van der Waals surface area contributed by atoms with Crippen molar-refractivity contribution >= 4 is 0 Å². The van der Waals surface area contributed by atoms with Crippen LogP contribution in [0.1, 0.15) is 5.69 Å². The van der Waals surface area contributed by atoms with E-state index in [1.54, 1.807) is 12.1 Å². The van der Waals surface area contributed by atoms with E-state index in [9.17, 15) is 4.39 Å². The molecule has 2 nitrogen and oxygen atoms in total. The van der Waals surface area contributed by atoms with Gasteiger partial charge in [-0.2, -0.15) is 5.10 Å². The molecule has 0 fully saturated rings. The predicted molar refractivity (Wildman–Crippen MR) is 99.1 cm³/mol. The van der Waals surface area contributed by atoms with Gasteiger partial charge in [-0.15, -0.1) is 0 Å². The highest BCUT2D eigenvalue weighted by Gasteiger charge is 2.19. The largest absolute Gasteiger partial charge is 0.232 e. The maximum atomic E-state index is 13.4. The first-order valence-electron chi connectivity index (χ1n) is 8.20. The van der Waals surface area contributed by atoms with Crippen LogP contribution < -0.4 is 0 Å². The number of hydrogen-bond acceptors (Lipinski definition) is 1. The van der Waals surface area contributed by atoms with Crippen LogP contribution in [-0.2, 0) is 0 Å². The molecule has 0 aliphatic heterocycles. The second-order valence-electron chi connectivity index (χ2n) is 5.93. The van der Waals surface area contributed by atoms with Gasteiger partial charge in [-0.1, -0.05) is 48.5 Å². The number of rotatable bonds is 3. The fourth-order valence-corrected chi connectivity index (χ4v) is 3.11. The Bertz CT molecular complexity index is 988. The summed E-state index contributed by atoms with van der Waals surface area (Å²) < 4.78 is 15.4. The summed E-state index contributed by atoms with van der Waals surface area (Å²) in [5.41, 5.74) is 5.98. The molecule has 25 heavy (non-hydrogen) atoms. The minimum atomic E-state index is -0.243. The van der Waals surface area contributed by atoms with Crippen molar-refractivity contribution in [3.8, 4) is 28.1 Å². The number of nitrogens with zero attached hydrogens (tertiary/aromatic N) is 2. The van der Waals surface area contributed by atoms with Gasteiger partial charge in [-0.05, 0) is 48.9 Å². The number of para-hydroxylation sites is 1. The van der Waals surface area contributed by atoms with Crippen molar-refractivity contribution < 1.29 is 4.39 Å². The lowest BCUT2D eigenvalue weighted by atomic mass is 9.99. The van der Waals surface area contributed by atoms with Crippen molar-refractivity contribution in [1.82, 2.24) is 9.78 Å². The average Bonchev–Trinajstić information content (AvgIpc) is 3.01. The van der Waals surface area contributed by atoms with Crippen molar-refractivity contribution in [3.63, 3.8) is 0 Å². The number of benzene rings is 3. The van der Waals surface area contributed by atoms with Gasteiger partial charge in [0, 0.05) is 11.1 Å². The van der Waals surface area contributed by atoms with E-state index in [1.165, 1.54) is 12.1 Å². The number of aryl methyl sites for hydroxylation is 1. The summed E-state index contributed by atoms with van der Waals surface area (Å²) in [7, 11) is 0. The first kappa shape index (κ1) is 15.3. The average molecular weight is 328 g/mol. The van der Waals surface area contributed by atoms with E-state index in [4.69, 9.17) is 5.10 Å². The van der Waals surface area contributed by atoms with E-state index in [0.717, 1.165) is 33.8 Å². The minimum Gasteiger partial charge on any atom is -0.232 e. The van der Waals surface area contributed by atoms with Crippen LogP contribution in [0.2, 0.25) is 0 Å². The van der Waals surface area contributed by atoms with E-state index in [2.05, 4.69) is 12.1 Å². The highest BCUT2D eigenvalue weighted by Crippen LogP contribution is 2.36. The Labute approximate surface area is 146 Å². The molecule has 0 aliphatic carbocycles. The summed E-state index contributed by atoms with van der Waals surface area (Å²) in [6.07, 6.45) is 0. The number of halogens is 1. The lowest BCUT2D eigenvalue weighted by Crippen LogP contribution is -1.99. The molecule has 0 bridgehead atoms. The quantitative estimate of drug-likeness (QED) is 0.475. The molecule has 3 heteroatoms. The normalized spacial score (nSPS) is 10.8. The van der Waals surface area contributed by atoms with Crippen LogP contribution in [0.5, 0.6) is 0 Å². The van der Waals surface area contributed by atoms with Gasteiger partial charge in [0.05, 0.1) is 17.1 Å². The second kappa shape index (κ2) is 6.36. The maximum absolute atomic E-state index is 13.4. The van der Waals surface area contributed by atoms with E-state index in [-0.39, 0.29) is 5.82 Å². The molecule has 1 heterocycles. The van der Waals surface area contributed by atoms with Crippen molar-refractivity contribution in [2.45, 2.75) is 6.92 Å². The molecule has 0 amide bonds. The lowest BCUT2D eigenvalue weighted by Gasteiger charge is -2.10. The Kier molecular flexibility index (Phi) is 3.90. The van der Waals surface area contributed by atoms with E-state index >= 15 is 0 Å². The van der Waals surface area contributed by atoms with E-state index in [1.807, 2.05) is 60.1 Å². The minimum absolute atomic E-state index is 0.243. The molecule has 122 valence electrons. The zero-order valence-electron chi connectivity index (χ0n) is 13.9. The Morgan fingerprint density at radius 1 is 0.720 bits per heavy atom.